The molecule has 1 aliphatic heterocycles. The van der Waals surface area contributed by atoms with E-state index in [1.165, 1.54) is 10.9 Å². The molecule has 172 valence electrons. The number of hydrogen-bond donors (Lipinski definition) is 2. The van der Waals surface area contributed by atoms with Gasteiger partial charge in [-0.05, 0) is 30.4 Å². The Balaban J connectivity index is 1.36. The van der Waals surface area contributed by atoms with Crippen molar-refractivity contribution in [1.29, 1.82) is 0 Å². The zero-order chi connectivity index (χ0) is 22.3. The summed E-state index contributed by atoms with van der Waals surface area (Å²) < 4.78 is 5.16. The molecule has 1 unspecified atom stereocenters. The number of Topliss-reactive ketones (excluding diaryl/α,β-unsaturated/α-hetero) is 1. The van der Waals surface area contributed by atoms with Gasteiger partial charge in [-0.15, -0.1) is 5.10 Å². The van der Waals surface area contributed by atoms with Crippen molar-refractivity contribution in [2.75, 3.05) is 51.3 Å². The van der Waals surface area contributed by atoms with E-state index in [0.29, 0.717) is 18.2 Å². The van der Waals surface area contributed by atoms with Gasteiger partial charge in [-0.25, -0.2) is 0 Å². The number of piperazine rings is 1. The highest BCUT2D eigenvalue weighted by Gasteiger charge is 2.23. The van der Waals surface area contributed by atoms with E-state index < -0.39 is 0 Å². The van der Waals surface area contributed by atoms with E-state index in [-0.39, 0.29) is 11.7 Å². The molecule has 2 N–H and O–H groups in total. The van der Waals surface area contributed by atoms with E-state index in [9.17, 15) is 4.79 Å². The van der Waals surface area contributed by atoms with Crippen LogP contribution in [0.1, 0.15) is 42.4 Å². The van der Waals surface area contributed by atoms with Crippen LogP contribution in [0.15, 0.2) is 30.5 Å². The number of methoxy groups -OCH3 is 1. The number of rotatable bonds is 11. The van der Waals surface area contributed by atoms with E-state index in [1.54, 1.807) is 7.11 Å². The Bertz CT molecular complexity index is 1000. The average molecular weight is 439 g/mol. The van der Waals surface area contributed by atoms with Crippen molar-refractivity contribution < 1.29 is 9.53 Å². The van der Waals surface area contributed by atoms with Crippen LogP contribution in [-0.2, 0) is 11.2 Å². The van der Waals surface area contributed by atoms with Gasteiger partial charge in [0.05, 0.1) is 6.61 Å². The first-order valence-corrected chi connectivity index (χ1v) is 11.6. The van der Waals surface area contributed by atoms with Gasteiger partial charge in [0.2, 0.25) is 5.95 Å². The lowest BCUT2D eigenvalue weighted by Gasteiger charge is -2.33. The number of nitrogens with zero attached hydrogens (tertiary/aromatic N) is 4. The minimum Gasteiger partial charge on any atom is -0.383 e. The van der Waals surface area contributed by atoms with Crippen molar-refractivity contribution in [1.82, 2.24) is 25.1 Å². The van der Waals surface area contributed by atoms with Gasteiger partial charge < -0.3 is 14.6 Å². The van der Waals surface area contributed by atoms with Crippen LogP contribution < -0.4 is 4.90 Å². The molecule has 1 fully saturated rings. The SMILES string of the molecule is CCCC(CC(=O)c1nc(N2CCN(CCOC)CC2)n[nH]1)Cc1c[nH]c2ccccc12. The van der Waals surface area contributed by atoms with Crippen LogP contribution in [0.5, 0.6) is 0 Å². The Labute approximate surface area is 189 Å². The predicted molar refractivity (Wildman–Crippen MR) is 126 cm³/mol. The van der Waals surface area contributed by atoms with Gasteiger partial charge in [0, 0.05) is 63.4 Å². The number of ketones is 1. The van der Waals surface area contributed by atoms with Crippen LogP contribution in [0.25, 0.3) is 10.9 Å². The lowest BCUT2D eigenvalue weighted by molar-refractivity contribution is 0.0948. The number of carbonyl (C=O) groups excluding carboxylic acids is 1. The molecule has 8 heteroatoms. The molecule has 0 bridgehead atoms. The number of aromatic amines is 2. The van der Waals surface area contributed by atoms with Gasteiger partial charge in [-0.3, -0.25) is 14.8 Å². The van der Waals surface area contributed by atoms with Crippen LogP contribution in [0.2, 0.25) is 0 Å². The number of carbonyl (C=O) groups is 1. The third-order valence-corrected chi connectivity index (χ3v) is 6.36. The average Bonchev–Trinajstić information content (AvgIpc) is 3.46. The van der Waals surface area contributed by atoms with Gasteiger partial charge in [0.25, 0.3) is 0 Å². The van der Waals surface area contributed by atoms with Crippen molar-refractivity contribution in [3.63, 3.8) is 0 Å². The molecule has 3 heterocycles. The third kappa shape index (κ3) is 5.37. The highest BCUT2D eigenvalue weighted by atomic mass is 16.5. The quantitative estimate of drug-likeness (QED) is 0.447. The first-order chi connectivity index (χ1) is 15.7. The number of para-hydroxylation sites is 1. The Morgan fingerprint density at radius 2 is 2.03 bits per heavy atom. The number of fused-ring (bicyclic) bond motifs is 1. The van der Waals surface area contributed by atoms with Crippen molar-refractivity contribution in [3.8, 4) is 0 Å². The van der Waals surface area contributed by atoms with E-state index >= 15 is 0 Å². The fraction of sp³-hybridized carbons (Fsp3) is 0.542. The number of anilines is 1. The van der Waals surface area contributed by atoms with Gasteiger partial charge >= 0.3 is 0 Å². The van der Waals surface area contributed by atoms with Crippen molar-refractivity contribution in [2.24, 2.45) is 5.92 Å². The molecular weight excluding hydrogens is 404 g/mol. The van der Waals surface area contributed by atoms with E-state index in [1.807, 2.05) is 6.07 Å². The minimum absolute atomic E-state index is 0.0424. The summed E-state index contributed by atoms with van der Waals surface area (Å²) in [6.07, 6.45) is 5.50. The molecule has 3 aromatic rings. The summed E-state index contributed by atoms with van der Waals surface area (Å²) >= 11 is 0. The smallest absolute Gasteiger partial charge is 0.245 e. The summed E-state index contributed by atoms with van der Waals surface area (Å²) in [4.78, 5) is 25.4. The Kier molecular flexibility index (Phi) is 7.55. The maximum Gasteiger partial charge on any atom is 0.245 e. The largest absolute Gasteiger partial charge is 0.383 e. The Morgan fingerprint density at radius 1 is 1.22 bits per heavy atom. The molecule has 0 spiro atoms. The maximum absolute atomic E-state index is 13.0. The molecule has 0 aliphatic carbocycles. The van der Waals surface area contributed by atoms with Crippen LogP contribution in [0.3, 0.4) is 0 Å². The minimum atomic E-state index is 0.0424. The zero-order valence-electron chi connectivity index (χ0n) is 19.1. The summed E-state index contributed by atoms with van der Waals surface area (Å²) in [5.41, 5.74) is 2.42. The topological polar surface area (TPSA) is 90.1 Å². The number of nitrogens with one attached hydrogen (secondary N) is 2. The summed E-state index contributed by atoms with van der Waals surface area (Å²) in [5, 5.41) is 8.47. The molecular formula is C24H34N6O2. The molecule has 1 atom stereocenters. The molecule has 2 aromatic heterocycles. The second kappa shape index (κ2) is 10.7. The molecule has 8 nitrogen and oxygen atoms in total. The van der Waals surface area contributed by atoms with Gasteiger partial charge in [-0.2, -0.15) is 4.98 Å². The molecule has 1 aromatic carbocycles. The normalized spacial score (nSPS) is 16.0. The molecule has 0 saturated carbocycles. The van der Waals surface area contributed by atoms with Crippen LogP contribution in [0.4, 0.5) is 5.95 Å². The lowest BCUT2D eigenvalue weighted by atomic mass is 9.90. The predicted octanol–water partition coefficient (Wildman–Crippen LogP) is 3.29. The summed E-state index contributed by atoms with van der Waals surface area (Å²) in [5.74, 6) is 1.33. The summed E-state index contributed by atoms with van der Waals surface area (Å²) in [7, 11) is 1.73. The summed E-state index contributed by atoms with van der Waals surface area (Å²) in [6.45, 7) is 7.47. The van der Waals surface area contributed by atoms with E-state index in [2.05, 4.69) is 61.3 Å². The molecule has 32 heavy (non-hydrogen) atoms. The lowest BCUT2D eigenvalue weighted by Crippen LogP contribution is -2.47. The Morgan fingerprint density at radius 3 is 2.81 bits per heavy atom. The third-order valence-electron chi connectivity index (χ3n) is 6.36. The number of ether oxygens (including phenoxy) is 1. The molecule has 0 radical (unpaired) electrons. The maximum atomic E-state index is 13.0. The van der Waals surface area contributed by atoms with Crippen LogP contribution in [-0.4, -0.2) is 77.3 Å². The first-order valence-electron chi connectivity index (χ1n) is 11.6. The second-order valence-electron chi connectivity index (χ2n) is 8.65. The van der Waals surface area contributed by atoms with Gasteiger partial charge in [-0.1, -0.05) is 31.5 Å². The molecule has 0 amide bonds. The van der Waals surface area contributed by atoms with E-state index in [0.717, 1.165) is 64.1 Å². The molecule has 4 rings (SSSR count). The number of aromatic nitrogens is 4. The highest BCUT2D eigenvalue weighted by Crippen LogP contribution is 2.25. The second-order valence-corrected chi connectivity index (χ2v) is 8.65. The van der Waals surface area contributed by atoms with Gasteiger partial charge in [0.1, 0.15) is 0 Å². The Hall–Kier alpha value is -2.71. The van der Waals surface area contributed by atoms with Crippen molar-refractivity contribution in [3.05, 3.63) is 41.9 Å². The first kappa shape index (κ1) is 22.5. The monoisotopic (exact) mass is 438 g/mol. The van der Waals surface area contributed by atoms with Crippen molar-refractivity contribution >= 4 is 22.6 Å². The molecule has 1 saturated heterocycles. The number of benzene rings is 1. The fourth-order valence-electron chi connectivity index (χ4n) is 4.57. The van der Waals surface area contributed by atoms with Gasteiger partial charge in [0.15, 0.2) is 11.6 Å². The fourth-order valence-corrected chi connectivity index (χ4v) is 4.57. The standard InChI is InChI=1S/C24H34N6O2/c1-3-6-18(15-19-17-25-21-8-5-4-7-20(19)21)16-22(31)23-26-24(28-27-23)30-11-9-29(10-12-30)13-14-32-2/h4-5,7-8,17-18,25H,3,6,9-16H2,1-2H3,(H,26,27,28). The van der Waals surface area contributed by atoms with E-state index in [4.69, 9.17) is 4.74 Å². The summed E-state index contributed by atoms with van der Waals surface area (Å²) in [6, 6.07) is 8.33. The number of H-pyrrole nitrogens is 2. The van der Waals surface area contributed by atoms with Crippen LogP contribution >= 0.6 is 0 Å². The molecule has 1 aliphatic rings. The van der Waals surface area contributed by atoms with Crippen molar-refractivity contribution in [2.45, 2.75) is 32.6 Å². The van der Waals surface area contributed by atoms with Crippen LogP contribution in [0, 0.1) is 5.92 Å². The zero-order valence-corrected chi connectivity index (χ0v) is 19.1. The number of hydrogen-bond acceptors (Lipinski definition) is 6. The highest BCUT2D eigenvalue weighted by molar-refractivity contribution is 5.93.